The number of carbonyl (C=O) groups is 1. The highest BCUT2D eigenvalue weighted by molar-refractivity contribution is 7.99. The number of aryl methyl sites for hydroxylation is 2. The lowest BCUT2D eigenvalue weighted by Crippen LogP contribution is -2.41. The summed E-state index contributed by atoms with van der Waals surface area (Å²) in [7, 11) is 1.64. The second-order valence-corrected chi connectivity index (χ2v) is 8.19. The topological polar surface area (TPSA) is 67.3 Å². The molecule has 1 aliphatic rings. The summed E-state index contributed by atoms with van der Waals surface area (Å²) in [6, 6.07) is 8.50. The molecule has 0 aliphatic carbocycles. The molecule has 0 spiro atoms. The molecule has 0 saturated carbocycles. The van der Waals surface area contributed by atoms with E-state index >= 15 is 0 Å². The van der Waals surface area contributed by atoms with E-state index in [4.69, 9.17) is 4.74 Å². The van der Waals surface area contributed by atoms with E-state index < -0.39 is 0 Å². The van der Waals surface area contributed by atoms with Crippen LogP contribution in [0.5, 0.6) is 0 Å². The molecule has 1 aliphatic heterocycles. The maximum Gasteiger partial charge on any atom is 0.223 e. The largest absolute Gasteiger partial charge is 0.383 e. The SMILES string of the molecule is COCCNC(=O)C1CCN(c2cc(Sc3cc(C)ccc3C)ncn2)CC1. The van der Waals surface area contributed by atoms with Gasteiger partial charge in [-0.05, 0) is 43.9 Å². The molecule has 2 aromatic rings. The van der Waals surface area contributed by atoms with E-state index in [2.05, 4.69) is 52.2 Å². The van der Waals surface area contributed by atoms with Gasteiger partial charge in [-0.25, -0.2) is 9.97 Å². The van der Waals surface area contributed by atoms with Gasteiger partial charge in [0.05, 0.1) is 6.61 Å². The minimum Gasteiger partial charge on any atom is -0.383 e. The van der Waals surface area contributed by atoms with Crippen molar-refractivity contribution >= 4 is 23.5 Å². The molecular formula is C21H28N4O2S. The number of anilines is 1. The first kappa shape index (κ1) is 20.6. The van der Waals surface area contributed by atoms with Gasteiger partial charge in [-0.1, -0.05) is 23.9 Å². The molecule has 1 aromatic heterocycles. The third-order valence-electron chi connectivity index (χ3n) is 4.98. The van der Waals surface area contributed by atoms with E-state index in [-0.39, 0.29) is 11.8 Å². The van der Waals surface area contributed by atoms with Crippen LogP contribution in [-0.2, 0) is 9.53 Å². The molecule has 1 fully saturated rings. The molecule has 6 nitrogen and oxygen atoms in total. The molecule has 2 heterocycles. The number of benzene rings is 1. The zero-order valence-electron chi connectivity index (χ0n) is 16.8. The van der Waals surface area contributed by atoms with Crippen LogP contribution >= 0.6 is 11.8 Å². The van der Waals surface area contributed by atoms with Gasteiger partial charge in [-0.2, -0.15) is 0 Å². The van der Waals surface area contributed by atoms with E-state index in [0.29, 0.717) is 13.2 Å². The normalized spacial score (nSPS) is 14.9. The lowest BCUT2D eigenvalue weighted by atomic mass is 9.96. The minimum absolute atomic E-state index is 0.0683. The van der Waals surface area contributed by atoms with Gasteiger partial charge in [0.2, 0.25) is 5.91 Å². The lowest BCUT2D eigenvalue weighted by Gasteiger charge is -2.32. The number of aromatic nitrogens is 2. The fraction of sp³-hybridized carbons (Fsp3) is 0.476. The van der Waals surface area contributed by atoms with Crippen LogP contribution in [0.3, 0.4) is 0 Å². The summed E-state index contributed by atoms with van der Waals surface area (Å²) >= 11 is 1.67. The van der Waals surface area contributed by atoms with Gasteiger partial charge in [0.25, 0.3) is 0 Å². The fourth-order valence-electron chi connectivity index (χ4n) is 3.28. The molecule has 0 atom stereocenters. The quantitative estimate of drug-likeness (QED) is 0.569. The number of hydrogen-bond donors (Lipinski definition) is 1. The molecule has 150 valence electrons. The number of rotatable bonds is 7. The van der Waals surface area contributed by atoms with Crippen LogP contribution in [0.1, 0.15) is 24.0 Å². The molecule has 1 aromatic carbocycles. The van der Waals surface area contributed by atoms with Crippen molar-refractivity contribution < 1.29 is 9.53 Å². The maximum absolute atomic E-state index is 12.2. The Morgan fingerprint density at radius 1 is 1.25 bits per heavy atom. The summed E-state index contributed by atoms with van der Waals surface area (Å²) in [6.45, 7) is 6.99. The Hall–Kier alpha value is -2.12. The van der Waals surface area contributed by atoms with Gasteiger partial charge >= 0.3 is 0 Å². The summed E-state index contributed by atoms with van der Waals surface area (Å²) in [6.07, 6.45) is 3.30. The Kier molecular flexibility index (Phi) is 7.28. The maximum atomic E-state index is 12.2. The van der Waals surface area contributed by atoms with Crippen LogP contribution in [0, 0.1) is 19.8 Å². The summed E-state index contributed by atoms with van der Waals surface area (Å²) in [5.74, 6) is 1.13. The third kappa shape index (κ3) is 5.45. The van der Waals surface area contributed by atoms with Gasteiger partial charge in [-0.15, -0.1) is 0 Å². The molecule has 1 N–H and O–H groups in total. The molecular weight excluding hydrogens is 372 g/mol. The summed E-state index contributed by atoms with van der Waals surface area (Å²) in [4.78, 5) is 24.6. The monoisotopic (exact) mass is 400 g/mol. The molecule has 3 rings (SSSR count). The Morgan fingerprint density at radius 2 is 2.04 bits per heavy atom. The van der Waals surface area contributed by atoms with Gasteiger partial charge in [-0.3, -0.25) is 4.79 Å². The van der Waals surface area contributed by atoms with Crippen LogP contribution in [0.15, 0.2) is 40.5 Å². The first-order valence-electron chi connectivity index (χ1n) is 9.65. The first-order chi connectivity index (χ1) is 13.6. The molecule has 1 amide bonds. The Balaban J connectivity index is 1.59. The number of nitrogens with one attached hydrogen (secondary N) is 1. The van der Waals surface area contributed by atoms with Crippen LogP contribution in [-0.4, -0.2) is 49.2 Å². The number of methoxy groups -OCH3 is 1. The van der Waals surface area contributed by atoms with Gasteiger partial charge in [0.1, 0.15) is 17.2 Å². The van der Waals surface area contributed by atoms with Crippen LogP contribution in [0.25, 0.3) is 0 Å². The average Bonchev–Trinajstić information content (AvgIpc) is 2.71. The predicted molar refractivity (Wildman–Crippen MR) is 112 cm³/mol. The Bertz CT molecular complexity index is 807. The number of carbonyl (C=O) groups excluding carboxylic acids is 1. The minimum atomic E-state index is 0.0683. The van der Waals surface area contributed by atoms with E-state index in [1.54, 1.807) is 25.2 Å². The van der Waals surface area contributed by atoms with Crippen molar-refractivity contribution in [2.45, 2.75) is 36.6 Å². The van der Waals surface area contributed by atoms with Crippen molar-refractivity contribution in [1.29, 1.82) is 0 Å². The molecule has 1 saturated heterocycles. The van der Waals surface area contributed by atoms with Gasteiger partial charge in [0.15, 0.2) is 0 Å². The Morgan fingerprint density at radius 3 is 2.79 bits per heavy atom. The highest BCUT2D eigenvalue weighted by atomic mass is 32.2. The zero-order valence-corrected chi connectivity index (χ0v) is 17.6. The predicted octanol–water partition coefficient (Wildman–Crippen LogP) is 3.22. The van der Waals surface area contributed by atoms with Gasteiger partial charge < -0.3 is 15.0 Å². The van der Waals surface area contributed by atoms with Crippen molar-refractivity contribution in [3.8, 4) is 0 Å². The van der Waals surface area contributed by atoms with Crippen LogP contribution in [0.4, 0.5) is 5.82 Å². The third-order valence-corrected chi connectivity index (χ3v) is 6.07. The molecule has 0 bridgehead atoms. The van der Waals surface area contributed by atoms with Crippen LogP contribution < -0.4 is 10.2 Å². The smallest absolute Gasteiger partial charge is 0.223 e. The highest BCUT2D eigenvalue weighted by Gasteiger charge is 2.25. The number of ether oxygens (including phenoxy) is 1. The fourth-order valence-corrected chi connectivity index (χ4v) is 4.24. The number of amides is 1. The number of piperidine rings is 1. The molecule has 7 heteroatoms. The van der Waals surface area contributed by atoms with Crippen molar-refractivity contribution in [3.63, 3.8) is 0 Å². The summed E-state index contributed by atoms with van der Waals surface area (Å²) in [5, 5.41) is 3.89. The molecule has 0 unspecified atom stereocenters. The van der Waals surface area contributed by atoms with Crippen LogP contribution in [0.2, 0.25) is 0 Å². The Labute approximate surface area is 171 Å². The number of hydrogen-bond acceptors (Lipinski definition) is 6. The van der Waals surface area contributed by atoms with Crippen molar-refractivity contribution in [1.82, 2.24) is 15.3 Å². The summed E-state index contributed by atoms with van der Waals surface area (Å²) in [5.41, 5.74) is 2.49. The number of nitrogens with zero attached hydrogens (tertiary/aromatic N) is 3. The molecule has 0 radical (unpaired) electrons. The van der Waals surface area contributed by atoms with E-state index in [0.717, 1.165) is 36.8 Å². The van der Waals surface area contributed by atoms with Crippen molar-refractivity contribution in [2.75, 3.05) is 38.3 Å². The summed E-state index contributed by atoms with van der Waals surface area (Å²) < 4.78 is 4.98. The van der Waals surface area contributed by atoms with Gasteiger partial charge in [0, 0.05) is 43.6 Å². The van der Waals surface area contributed by atoms with E-state index in [9.17, 15) is 4.79 Å². The highest BCUT2D eigenvalue weighted by Crippen LogP contribution is 2.31. The second-order valence-electron chi connectivity index (χ2n) is 7.13. The first-order valence-corrected chi connectivity index (χ1v) is 10.5. The molecule has 28 heavy (non-hydrogen) atoms. The van der Waals surface area contributed by atoms with Crippen molar-refractivity contribution in [2.24, 2.45) is 5.92 Å². The van der Waals surface area contributed by atoms with E-state index in [1.165, 1.54) is 16.0 Å². The van der Waals surface area contributed by atoms with E-state index in [1.807, 2.05) is 6.07 Å². The average molecular weight is 401 g/mol. The zero-order chi connectivity index (χ0) is 19.9. The lowest BCUT2D eigenvalue weighted by molar-refractivity contribution is -0.125. The van der Waals surface area contributed by atoms with Crippen molar-refractivity contribution in [3.05, 3.63) is 41.7 Å². The standard InChI is InChI=1S/C21H28N4O2S/c1-15-4-5-16(2)18(12-15)28-20-13-19(23-14-24-20)25-9-6-17(7-10-25)21(26)22-8-11-27-3/h4-5,12-14,17H,6-11H2,1-3H3,(H,22,26). The second kappa shape index (κ2) is 9.89.